The Morgan fingerprint density at radius 1 is 1.32 bits per heavy atom. The topological polar surface area (TPSA) is 40.5 Å². The smallest absolute Gasteiger partial charge is 0.176 e. The maximum atomic E-state index is 12.2. The normalized spacial score (nSPS) is 19.9. The summed E-state index contributed by atoms with van der Waals surface area (Å²) in [4.78, 5) is 14.4. The number of hydrogen-bond acceptors (Lipinski definition) is 4. The van der Waals surface area contributed by atoms with Crippen LogP contribution < -0.4 is 0 Å². The Morgan fingerprint density at radius 3 is 2.68 bits per heavy atom. The minimum atomic E-state index is 0.129. The molecule has 0 atom stereocenters. The van der Waals surface area contributed by atoms with E-state index < -0.39 is 0 Å². The molecule has 0 aromatic heterocycles. The van der Waals surface area contributed by atoms with Crippen LogP contribution in [-0.2, 0) is 0 Å². The van der Waals surface area contributed by atoms with Crippen LogP contribution in [0.5, 0.6) is 5.75 Å². The van der Waals surface area contributed by atoms with Crippen molar-refractivity contribution < 1.29 is 9.90 Å². The minimum absolute atomic E-state index is 0.129. The predicted octanol–water partition coefficient (Wildman–Crippen LogP) is 2.79. The fourth-order valence-electron chi connectivity index (χ4n) is 2.16. The van der Waals surface area contributed by atoms with Crippen molar-refractivity contribution in [1.82, 2.24) is 4.90 Å². The molecule has 1 heterocycles. The number of thioether (sulfide) groups is 1. The van der Waals surface area contributed by atoms with Gasteiger partial charge in [0.1, 0.15) is 5.75 Å². The third-order valence-corrected chi connectivity index (χ3v) is 4.86. The molecule has 1 aromatic carbocycles. The van der Waals surface area contributed by atoms with E-state index in [0.717, 1.165) is 25.3 Å². The van der Waals surface area contributed by atoms with E-state index in [0.29, 0.717) is 16.9 Å². The van der Waals surface area contributed by atoms with Gasteiger partial charge in [-0.3, -0.25) is 9.69 Å². The van der Waals surface area contributed by atoms with Gasteiger partial charge in [0.15, 0.2) is 5.78 Å². The van der Waals surface area contributed by atoms with E-state index in [4.69, 9.17) is 0 Å². The van der Waals surface area contributed by atoms with Gasteiger partial charge in [-0.15, -0.1) is 0 Å². The number of benzene rings is 1. The maximum absolute atomic E-state index is 12.2. The molecule has 1 N–H and O–H groups in total. The zero-order valence-electron chi connectivity index (χ0n) is 11.6. The summed E-state index contributed by atoms with van der Waals surface area (Å²) in [5.74, 6) is 1.41. The van der Waals surface area contributed by atoms with E-state index in [-0.39, 0.29) is 11.5 Å². The lowest BCUT2D eigenvalue weighted by Crippen LogP contribution is -2.32. The van der Waals surface area contributed by atoms with E-state index in [1.54, 1.807) is 24.3 Å². The van der Waals surface area contributed by atoms with Gasteiger partial charge >= 0.3 is 0 Å². The first-order valence-electron chi connectivity index (χ1n) is 6.65. The molecular formula is C15H21NO2S. The molecule has 1 aromatic rings. The Bertz CT molecular complexity index is 442. The van der Waals surface area contributed by atoms with Gasteiger partial charge in [0.25, 0.3) is 0 Å². The number of carbonyl (C=O) groups is 1. The number of ketones is 1. The average Bonchev–Trinajstić information content (AvgIpc) is 2.52. The Morgan fingerprint density at radius 2 is 2.00 bits per heavy atom. The number of Topliss-reactive ketones (excluding diaryl/α,β-unsaturated/α-hetero) is 1. The number of hydrogen-bond donors (Lipinski definition) is 1. The van der Waals surface area contributed by atoms with Crippen molar-refractivity contribution in [2.45, 2.75) is 25.0 Å². The molecule has 2 rings (SSSR count). The fraction of sp³-hybridized carbons (Fsp3) is 0.533. The van der Waals surface area contributed by atoms with E-state index in [1.807, 2.05) is 11.8 Å². The molecule has 1 fully saturated rings. The molecule has 0 saturated carbocycles. The zero-order valence-corrected chi connectivity index (χ0v) is 12.4. The van der Waals surface area contributed by atoms with Gasteiger partial charge in [0.2, 0.25) is 0 Å². The van der Waals surface area contributed by atoms with Crippen molar-refractivity contribution in [3.05, 3.63) is 29.8 Å². The van der Waals surface area contributed by atoms with Crippen molar-refractivity contribution in [2.75, 3.05) is 25.4 Å². The quantitative estimate of drug-likeness (QED) is 0.864. The monoisotopic (exact) mass is 279 g/mol. The lowest BCUT2D eigenvalue weighted by atomic mass is 10.1. The Hall–Kier alpha value is -1.00. The van der Waals surface area contributed by atoms with Crippen LogP contribution in [0.25, 0.3) is 0 Å². The predicted molar refractivity (Wildman–Crippen MR) is 80.0 cm³/mol. The highest BCUT2D eigenvalue weighted by Crippen LogP contribution is 2.30. The standard InChI is InChI=1S/C15H21NO2S/c1-15(2)7-8-16(9-10-19-15)11-14(18)12-3-5-13(17)6-4-12/h3-6,17H,7-11H2,1-2H3. The molecule has 0 radical (unpaired) electrons. The summed E-state index contributed by atoms with van der Waals surface area (Å²) in [5.41, 5.74) is 0.675. The highest BCUT2D eigenvalue weighted by atomic mass is 32.2. The molecule has 0 aliphatic carbocycles. The van der Waals surface area contributed by atoms with Crippen LogP contribution in [0.1, 0.15) is 30.6 Å². The van der Waals surface area contributed by atoms with Gasteiger partial charge in [0, 0.05) is 22.6 Å². The van der Waals surface area contributed by atoms with Crippen LogP contribution in [0.15, 0.2) is 24.3 Å². The first-order chi connectivity index (χ1) is 8.96. The van der Waals surface area contributed by atoms with Crippen molar-refractivity contribution in [3.8, 4) is 5.75 Å². The average molecular weight is 279 g/mol. The number of nitrogens with zero attached hydrogens (tertiary/aromatic N) is 1. The molecule has 3 nitrogen and oxygen atoms in total. The van der Waals surface area contributed by atoms with Crippen LogP contribution >= 0.6 is 11.8 Å². The molecule has 19 heavy (non-hydrogen) atoms. The molecule has 0 spiro atoms. The summed E-state index contributed by atoms with van der Waals surface area (Å²) in [6.07, 6.45) is 1.11. The lowest BCUT2D eigenvalue weighted by Gasteiger charge is -2.22. The molecular weight excluding hydrogens is 258 g/mol. The highest BCUT2D eigenvalue weighted by Gasteiger charge is 2.24. The van der Waals surface area contributed by atoms with Gasteiger partial charge in [-0.1, -0.05) is 13.8 Å². The van der Waals surface area contributed by atoms with Crippen LogP contribution in [-0.4, -0.2) is 45.9 Å². The maximum Gasteiger partial charge on any atom is 0.176 e. The van der Waals surface area contributed by atoms with Crippen LogP contribution in [0.2, 0.25) is 0 Å². The fourth-order valence-corrected chi connectivity index (χ4v) is 3.30. The first kappa shape index (κ1) is 14.4. The van der Waals surface area contributed by atoms with Crippen molar-refractivity contribution in [1.29, 1.82) is 0 Å². The van der Waals surface area contributed by atoms with Crippen molar-refractivity contribution in [2.24, 2.45) is 0 Å². The summed E-state index contributed by atoms with van der Waals surface area (Å²) in [6.45, 7) is 6.95. The Kier molecular flexibility index (Phi) is 4.53. The van der Waals surface area contributed by atoms with Crippen LogP contribution in [0.4, 0.5) is 0 Å². The van der Waals surface area contributed by atoms with Crippen LogP contribution in [0, 0.1) is 0 Å². The second kappa shape index (κ2) is 5.97. The molecule has 4 heteroatoms. The third-order valence-electron chi connectivity index (χ3n) is 3.49. The largest absolute Gasteiger partial charge is 0.508 e. The molecule has 1 aliphatic heterocycles. The molecule has 104 valence electrons. The van der Waals surface area contributed by atoms with Gasteiger partial charge in [-0.05, 0) is 37.2 Å². The van der Waals surface area contributed by atoms with Crippen molar-refractivity contribution >= 4 is 17.5 Å². The second-order valence-electron chi connectivity index (χ2n) is 5.60. The molecule has 0 amide bonds. The lowest BCUT2D eigenvalue weighted by molar-refractivity contribution is 0.0934. The highest BCUT2D eigenvalue weighted by molar-refractivity contribution is 8.00. The van der Waals surface area contributed by atoms with E-state index in [9.17, 15) is 9.90 Å². The summed E-state index contributed by atoms with van der Waals surface area (Å²) in [6, 6.07) is 6.51. The SMILES string of the molecule is CC1(C)CCN(CC(=O)c2ccc(O)cc2)CCS1. The number of phenolic OH excluding ortho intramolecular Hbond substituents is 1. The number of phenols is 1. The van der Waals surface area contributed by atoms with E-state index >= 15 is 0 Å². The Balaban J connectivity index is 1.93. The zero-order chi connectivity index (χ0) is 13.9. The molecule has 1 aliphatic rings. The summed E-state index contributed by atoms with van der Waals surface area (Å²) < 4.78 is 0.316. The molecule has 0 bridgehead atoms. The summed E-state index contributed by atoms with van der Waals surface area (Å²) >= 11 is 1.98. The van der Waals surface area contributed by atoms with E-state index in [2.05, 4.69) is 18.7 Å². The first-order valence-corrected chi connectivity index (χ1v) is 7.63. The number of aromatic hydroxyl groups is 1. The molecule has 1 saturated heterocycles. The van der Waals surface area contributed by atoms with E-state index in [1.165, 1.54) is 0 Å². The van der Waals surface area contributed by atoms with Gasteiger partial charge < -0.3 is 5.11 Å². The second-order valence-corrected chi connectivity index (χ2v) is 7.41. The van der Waals surface area contributed by atoms with Gasteiger partial charge in [-0.25, -0.2) is 0 Å². The van der Waals surface area contributed by atoms with Gasteiger partial charge in [-0.2, -0.15) is 11.8 Å². The van der Waals surface area contributed by atoms with Crippen LogP contribution in [0.3, 0.4) is 0 Å². The third kappa shape index (κ3) is 4.25. The molecule has 0 unspecified atom stereocenters. The summed E-state index contributed by atoms with van der Waals surface area (Å²) in [5, 5.41) is 9.23. The number of carbonyl (C=O) groups excluding carboxylic acids is 1. The summed E-state index contributed by atoms with van der Waals surface area (Å²) in [7, 11) is 0. The number of rotatable bonds is 3. The minimum Gasteiger partial charge on any atom is -0.508 e. The van der Waals surface area contributed by atoms with Gasteiger partial charge in [0.05, 0.1) is 6.54 Å². The van der Waals surface area contributed by atoms with Crippen molar-refractivity contribution in [3.63, 3.8) is 0 Å². The Labute approximate surface area is 119 Å².